The van der Waals surface area contributed by atoms with Gasteiger partial charge in [0.25, 0.3) is 5.91 Å². The Morgan fingerprint density at radius 1 is 1.90 bits per heavy atom. The molecule has 0 saturated heterocycles. The van der Waals surface area contributed by atoms with E-state index in [1.807, 2.05) is 0 Å². The van der Waals surface area contributed by atoms with Crippen molar-refractivity contribution < 1.29 is 4.79 Å². The van der Waals surface area contributed by atoms with Crippen LogP contribution >= 0.6 is 11.3 Å². The van der Waals surface area contributed by atoms with E-state index in [1.165, 1.54) is 11.7 Å². The van der Waals surface area contributed by atoms with Crippen LogP contribution in [0.1, 0.15) is 9.67 Å². The first kappa shape index (κ1) is 6.73. The lowest BCUT2D eigenvalue weighted by Gasteiger charge is -1.78. The average Bonchev–Trinajstić information content (AvgIpc) is 2.38. The minimum atomic E-state index is -0.579. The van der Waals surface area contributed by atoms with Crippen LogP contribution in [0.2, 0.25) is 0 Å². The average molecular weight is 154 g/mol. The van der Waals surface area contributed by atoms with Crippen molar-refractivity contribution in [2.24, 2.45) is 5.11 Å². The van der Waals surface area contributed by atoms with Crippen molar-refractivity contribution in [1.82, 2.24) is 4.98 Å². The Hall–Kier alpha value is -1.39. The van der Waals surface area contributed by atoms with Crippen LogP contribution in [0.3, 0.4) is 0 Å². The molecule has 6 heteroatoms. The van der Waals surface area contributed by atoms with Gasteiger partial charge < -0.3 is 0 Å². The highest BCUT2D eigenvalue weighted by atomic mass is 32.1. The van der Waals surface area contributed by atoms with Crippen molar-refractivity contribution in [2.45, 2.75) is 0 Å². The standard InChI is InChI=1S/C4H2N4OS/c5-8-7-4(9)3-1-6-2-10-3/h1-2H. The monoisotopic (exact) mass is 154 g/mol. The second-order valence-corrected chi connectivity index (χ2v) is 2.25. The maximum Gasteiger partial charge on any atom is 0.260 e. The summed E-state index contributed by atoms with van der Waals surface area (Å²) in [7, 11) is 0. The van der Waals surface area contributed by atoms with Gasteiger partial charge in [-0.3, -0.25) is 9.78 Å². The zero-order valence-electron chi connectivity index (χ0n) is 4.76. The third kappa shape index (κ3) is 1.31. The maximum atomic E-state index is 10.7. The molecular formula is C4H2N4OS. The van der Waals surface area contributed by atoms with Crippen molar-refractivity contribution in [2.75, 3.05) is 0 Å². The molecular weight excluding hydrogens is 152 g/mol. The van der Waals surface area contributed by atoms with Crippen LogP contribution in [0, 0.1) is 0 Å². The maximum absolute atomic E-state index is 10.7. The summed E-state index contributed by atoms with van der Waals surface area (Å²) in [6, 6.07) is 0. The summed E-state index contributed by atoms with van der Waals surface area (Å²) in [6.07, 6.45) is 1.36. The summed E-state index contributed by atoms with van der Waals surface area (Å²) in [6.45, 7) is 0. The molecule has 0 spiro atoms. The number of carbonyl (C=O) groups is 1. The highest BCUT2D eigenvalue weighted by molar-refractivity contribution is 7.11. The zero-order chi connectivity index (χ0) is 7.40. The fourth-order valence-electron chi connectivity index (χ4n) is 0.411. The van der Waals surface area contributed by atoms with Crippen LogP contribution in [-0.2, 0) is 0 Å². The summed E-state index contributed by atoms with van der Waals surface area (Å²) < 4.78 is 0. The van der Waals surface area contributed by atoms with Gasteiger partial charge in [0, 0.05) is 11.1 Å². The number of thiazole rings is 1. The topological polar surface area (TPSA) is 78.7 Å². The van der Waals surface area contributed by atoms with Gasteiger partial charge in [0.1, 0.15) is 0 Å². The largest absolute Gasteiger partial charge is 0.286 e. The molecule has 0 atom stereocenters. The Balaban J connectivity index is 2.87. The van der Waals surface area contributed by atoms with Crippen molar-refractivity contribution in [3.63, 3.8) is 0 Å². The summed E-state index contributed by atoms with van der Waals surface area (Å²) in [4.78, 5) is 17.0. The van der Waals surface area contributed by atoms with E-state index >= 15 is 0 Å². The van der Waals surface area contributed by atoms with E-state index in [1.54, 1.807) is 0 Å². The van der Waals surface area contributed by atoms with E-state index < -0.39 is 5.91 Å². The van der Waals surface area contributed by atoms with Crippen LogP contribution in [0.25, 0.3) is 10.4 Å². The zero-order valence-corrected chi connectivity index (χ0v) is 5.58. The van der Waals surface area contributed by atoms with E-state index in [4.69, 9.17) is 5.53 Å². The third-order valence-corrected chi connectivity index (χ3v) is 1.54. The van der Waals surface area contributed by atoms with Gasteiger partial charge in [-0.25, -0.2) is 0 Å². The van der Waals surface area contributed by atoms with Crippen LogP contribution in [0.15, 0.2) is 16.8 Å². The van der Waals surface area contributed by atoms with E-state index in [9.17, 15) is 4.79 Å². The lowest BCUT2D eigenvalue weighted by atomic mass is 10.5. The van der Waals surface area contributed by atoms with Crippen LogP contribution in [-0.4, -0.2) is 10.9 Å². The number of aromatic nitrogens is 1. The molecule has 0 saturated carbocycles. The van der Waals surface area contributed by atoms with Crippen LogP contribution in [0.4, 0.5) is 0 Å². The second kappa shape index (κ2) is 2.95. The summed E-state index contributed by atoms with van der Waals surface area (Å²) in [5.41, 5.74) is 9.36. The lowest BCUT2D eigenvalue weighted by Crippen LogP contribution is -1.86. The first-order chi connectivity index (χ1) is 4.84. The van der Waals surface area contributed by atoms with Gasteiger partial charge in [-0.2, -0.15) is 0 Å². The molecule has 0 fully saturated rings. The van der Waals surface area contributed by atoms with E-state index in [0.717, 1.165) is 11.3 Å². The van der Waals surface area contributed by atoms with Gasteiger partial charge in [0.05, 0.1) is 10.4 Å². The van der Waals surface area contributed by atoms with Gasteiger partial charge >= 0.3 is 0 Å². The van der Waals surface area contributed by atoms with Crippen molar-refractivity contribution >= 4 is 17.2 Å². The number of amides is 1. The fraction of sp³-hybridized carbons (Fsp3) is 0. The molecule has 0 aliphatic heterocycles. The highest BCUT2D eigenvalue weighted by Gasteiger charge is 2.02. The smallest absolute Gasteiger partial charge is 0.260 e. The highest BCUT2D eigenvalue weighted by Crippen LogP contribution is 2.06. The van der Waals surface area contributed by atoms with E-state index in [0.29, 0.717) is 4.88 Å². The predicted molar refractivity (Wildman–Crippen MR) is 35.6 cm³/mol. The molecule has 5 nitrogen and oxygen atoms in total. The second-order valence-electron chi connectivity index (χ2n) is 1.36. The molecule has 1 aromatic rings. The fourth-order valence-corrected chi connectivity index (χ4v) is 0.910. The van der Waals surface area contributed by atoms with E-state index in [-0.39, 0.29) is 0 Å². The molecule has 1 heterocycles. The molecule has 0 aliphatic carbocycles. The predicted octanol–water partition coefficient (Wildman–Crippen LogP) is 1.59. The molecule has 0 unspecified atom stereocenters. The van der Waals surface area contributed by atoms with Crippen molar-refractivity contribution in [1.29, 1.82) is 0 Å². The minimum Gasteiger partial charge on any atom is -0.286 e. The van der Waals surface area contributed by atoms with Gasteiger partial charge in [-0.1, -0.05) is 0 Å². The number of hydrogen-bond donors (Lipinski definition) is 0. The number of nitrogens with zero attached hydrogens (tertiary/aromatic N) is 4. The van der Waals surface area contributed by atoms with Gasteiger partial charge in [0.15, 0.2) is 0 Å². The number of hydrogen-bond acceptors (Lipinski definition) is 3. The molecule has 0 radical (unpaired) electrons. The van der Waals surface area contributed by atoms with Crippen LogP contribution in [0.5, 0.6) is 0 Å². The molecule has 0 aromatic carbocycles. The molecule has 0 bridgehead atoms. The molecule has 0 N–H and O–H groups in total. The molecule has 10 heavy (non-hydrogen) atoms. The van der Waals surface area contributed by atoms with E-state index in [2.05, 4.69) is 15.0 Å². The molecule has 1 amide bonds. The summed E-state index contributed by atoms with van der Waals surface area (Å²) >= 11 is 1.15. The van der Waals surface area contributed by atoms with Gasteiger partial charge in [-0.05, 0) is 10.6 Å². The minimum absolute atomic E-state index is 0.359. The summed E-state index contributed by atoms with van der Waals surface area (Å²) in [5.74, 6) is -0.579. The van der Waals surface area contributed by atoms with Crippen molar-refractivity contribution in [3.8, 4) is 0 Å². The molecule has 0 aliphatic rings. The SMILES string of the molecule is [N-]=[N+]=NC(=O)c1cncs1. The Morgan fingerprint density at radius 3 is 3.20 bits per heavy atom. The van der Waals surface area contributed by atoms with Crippen molar-refractivity contribution in [3.05, 3.63) is 27.0 Å². The molecule has 1 rings (SSSR count). The first-order valence-corrected chi connectivity index (χ1v) is 3.20. The Bertz CT molecular complexity index is 273. The Labute approximate surface area is 60.0 Å². The number of rotatable bonds is 1. The van der Waals surface area contributed by atoms with Gasteiger partial charge in [0.2, 0.25) is 0 Å². The van der Waals surface area contributed by atoms with Gasteiger partial charge in [-0.15, -0.1) is 11.3 Å². The number of azide groups is 1. The first-order valence-electron chi connectivity index (χ1n) is 2.32. The third-order valence-electron chi connectivity index (χ3n) is 0.779. The number of carbonyl (C=O) groups excluding carboxylic acids is 1. The summed E-state index contributed by atoms with van der Waals surface area (Å²) in [5, 5.41) is 2.88. The Morgan fingerprint density at radius 2 is 2.70 bits per heavy atom. The van der Waals surface area contributed by atoms with Crippen LogP contribution < -0.4 is 0 Å². The molecule has 1 aromatic heterocycles. The Kier molecular flexibility index (Phi) is 1.99. The quantitative estimate of drug-likeness (QED) is 0.349. The lowest BCUT2D eigenvalue weighted by molar-refractivity contribution is 0.100. The normalized spacial score (nSPS) is 8.40. The molecule has 50 valence electrons.